The Morgan fingerprint density at radius 2 is 2.12 bits per heavy atom. The molecule has 4 heteroatoms. The molecule has 0 aromatic heterocycles. The molecule has 0 aliphatic heterocycles. The lowest BCUT2D eigenvalue weighted by Gasteiger charge is -2.11. The number of aliphatic hydroxyl groups is 1. The average molecular weight is 227 g/mol. The minimum atomic E-state index is -0.831. The van der Waals surface area contributed by atoms with Crippen LogP contribution in [0.25, 0.3) is 0 Å². The van der Waals surface area contributed by atoms with Gasteiger partial charge in [0.2, 0.25) is 0 Å². The van der Waals surface area contributed by atoms with Crippen LogP contribution in [-0.4, -0.2) is 17.8 Å². The Hall–Kier alpha value is -1.00. The lowest BCUT2D eigenvalue weighted by Crippen LogP contribution is -2.28. The summed E-state index contributed by atoms with van der Waals surface area (Å²) in [5.74, 6) is -1.25. The highest BCUT2D eigenvalue weighted by Crippen LogP contribution is 2.32. The van der Waals surface area contributed by atoms with Gasteiger partial charge in [0.05, 0.1) is 6.10 Å². The van der Waals surface area contributed by atoms with Gasteiger partial charge in [-0.3, -0.25) is 0 Å². The van der Waals surface area contributed by atoms with Crippen LogP contribution in [0.15, 0.2) is 18.2 Å². The molecule has 0 heterocycles. The van der Waals surface area contributed by atoms with E-state index in [4.69, 9.17) is 0 Å². The van der Waals surface area contributed by atoms with Crippen molar-refractivity contribution in [3.8, 4) is 0 Å². The third-order valence-electron chi connectivity index (χ3n) is 2.87. The normalized spacial score (nSPS) is 17.4. The van der Waals surface area contributed by atoms with Crippen molar-refractivity contribution in [1.29, 1.82) is 0 Å². The first-order valence-electron chi connectivity index (χ1n) is 5.50. The first-order chi connectivity index (χ1) is 7.68. The van der Waals surface area contributed by atoms with E-state index < -0.39 is 11.6 Å². The molecule has 2 rings (SSSR count). The van der Waals surface area contributed by atoms with Crippen LogP contribution in [-0.2, 0) is 6.54 Å². The zero-order valence-corrected chi connectivity index (χ0v) is 8.92. The lowest BCUT2D eigenvalue weighted by atomic mass is 10.2. The van der Waals surface area contributed by atoms with Crippen molar-refractivity contribution in [3.63, 3.8) is 0 Å². The van der Waals surface area contributed by atoms with Gasteiger partial charge in [0.1, 0.15) is 0 Å². The Bertz CT molecular complexity index is 366. The van der Waals surface area contributed by atoms with Crippen molar-refractivity contribution in [3.05, 3.63) is 35.4 Å². The monoisotopic (exact) mass is 227 g/mol. The minimum absolute atomic E-state index is 0.243. The quantitative estimate of drug-likeness (QED) is 0.804. The summed E-state index contributed by atoms with van der Waals surface area (Å²) in [7, 11) is 0. The van der Waals surface area contributed by atoms with Crippen LogP contribution in [0.2, 0.25) is 0 Å². The Morgan fingerprint density at radius 1 is 1.38 bits per heavy atom. The van der Waals surface area contributed by atoms with Crippen molar-refractivity contribution in [2.24, 2.45) is 5.92 Å². The SMILES string of the molecule is OC(CNCc1cccc(F)c1F)C1CC1. The van der Waals surface area contributed by atoms with E-state index in [1.54, 1.807) is 0 Å². The fourth-order valence-corrected chi connectivity index (χ4v) is 1.69. The largest absolute Gasteiger partial charge is 0.392 e. The maximum atomic E-state index is 13.2. The van der Waals surface area contributed by atoms with Gasteiger partial charge in [-0.05, 0) is 24.8 Å². The van der Waals surface area contributed by atoms with E-state index in [1.165, 1.54) is 12.1 Å². The smallest absolute Gasteiger partial charge is 0.163 e. The predicted molar refractivity (Wildman–Crippen MR) is 56.8 cm³/mol. The van der Waals surface area contributed by atoms with Gasteiger partial charge in [0.15, 0.2) is 11.6 Å². The van der Waals surface area contributed by atoms with Gasteiger partial charge >= 0.3 is 0 Å². The molecule has 0 saturated heterocycles. The van der Waals surface area contributed by atoms with Gasteiger partial charge < -0.3 is 10.4 Å². The van der Waals surface area contributed by atoms with Gasteiger partial charge in [0, 0.05) is 18.7 Å². The van der Waals surface area contributed by atoms with Crippen LogP contribution in [0.5, 0.6) is 0 Å². The summed E-state index contributed by atoms with van der Waals surface area (Å²) < 4.78 is 26.1. The molecule has 88 valence electrons. The van der Waals surface area contributed by atoms with E-state index in [2.05, 4.69) is 5.32 Å². The Kier molecular flexibility index (Phi) is 3.51. The molecular formula is C12H15F2NO. The minimum Gasteiger partial charge on any atom is -0.392 e. The lowest BCUT2D eigenvalue weighted by molar-refractivity contribution is 0.148. The second kappa shape index (κ2) is 4.89. The van der Waals surface area contributed by atoms with Crippen molar-refractivity contribution >= 4 is 0 Å². The van der Waals surface area contributed by atoms with Gasteiger partial charge in [0.25, 0.3) is 0 Å². The molecule has 1 aromatic carbocycles. The number of halogens is 2. The Balaban J connectivity index is 1.82. The maximum Gasteiger partial charge on any atom is 0.163 e. The predicted octanol–water partition coefficient (Wildman–Crippen LogP) is 1.83. The number of nitrogens with one attached hydrogen (secondary N) is 1. The Morgan fingerprint density at radius 3 is 2.81 bits per heavy atom. The highest BCUT2D eigenvalue weighted by molar-refractivity contribution is 5.18. The third-order valence-corrected chi connectivity index (χ3v) is 2.87. The molecular weight excluding hydrogens is 212 g/mol. The molecule has 1 atom stereocenters. The van der Waals surface area contributed by atoms with Crippen LogP contribution in [0.1, 0.15) is 18.4 Å². The van der Waals surface area contributed by atoms with Crippen LogP contribution < -0.4 is 5.32 Å². The topological polar surface area (TPSA) is 32.3 Å². The summed E-state index contributed by atoms with van der Waals surface area (Å²) in [6.45, 7) is 0.675. The van der Waals surface area contributed by atoms with E-state index in [1.807, 2.05) is 0 Å². The molecule has 1 unspecified atom stereocenters. The second-order valence-corrected chi connectivity index (χ2v) is 4.25. The molecule has 2 nitrogen and oxygen atoms in total. The number of aliphatic hydroxyl groups excluding tert-OH is 1. The third kappa shape index (κ3) is 2.77. The fourth-order valence-electron chi connectivity index (χ4n) is 1.69. The fraction of sp³-hybridized carbons (Fsp3) is 0.500. The van der Waals surface area contributed by atoms with E-state index in [9.17, 15) is 13.9 Å². The zero-order valence-electron chi connectivity index (χ0n) is 8.92. The summed E-state index contributed by atoms with van der Waals surface area (Å²) in [5.41, 5.74) is 0.294. The molecule has 0 bridgehead atoms. The van der Waals surface area contributed by atoms with Crippen molar-refractivity contribution < 1.29 is 13.9 Å². The zero-order chi connectivity index (χ0) is 11.5. The number of rotatable bonds is 5. The molecule has 16 heavy (non-hydrogen) atoms. The van der Waals surface area contributed by atoms with Crippen molar-refractivity contribution in [2.45, 2.75) is 25.5 Å². The van der Waals surface area contributed by atoms with Crippen LogP contribution in [0.3, 0.4) is 0 Å². The highest BCUT2D eigenvalue weighted by Gasteiger charge is 2.29. The average Bonchev–Trinajstić information content (AvgIpc) is 3.07. The van der Waals surface area contributed by atoms with Crippen molar-refractivity contribution in [2.75, 3.05) is 6.54 Å². The van der Waals surface area contributed by atoms with E-state index >= 15 is 0 Å². The maximum absolute atomic E-state index is 13.2. The molecule has 1 aliphatic rings. The molecule has 1 fully saturated rings. The number of benzene rings is 1. The van der Waals surface area contributed by atoms with Crippen LogP contribution >= 0.6 is 0 Å². The summed E-state index contributed by atoms with van der Waals surface area (Å²) in [6, 6.07) is 4.11. The molecule has 0 spiro atoms. The molecule has 1 saturated carbocycles. The van der Waals surface area contributed by atoms with Crippen molar-refractivity contribution in [1.82, 2.24) is 5.32 Å². The highest BCUT2D eigenvalue weighted by atomic mass is 19.2. The van der Waals surface area contributed by atoms with E-state index in [0.29, 0.717) is 18.0 Å². The van der Waals surface area contributed by atoms with E-state index in [0.717, 1.165) is 18.9 Å². The first kappa shape index (κ1) is 11.5. The molecule has 2 N–H and O–H groups in total. The summed E-state index contributed by atoms with van der Waals surface area (Å²) in [4.78, 5) is 0. The standard InChI is InChI=1S/C12H15F2NO/c13-10-3-1-2-9(12(10)14)6-15-7-11(16)8-4-5-8/h1-3,8,11,15-16H,4-7H2. The molecule has 0 radical (unpaired) electrons. The molecule has 0 amide bonds. The second-order valence-electron chi connectivity index (χ2n) is 4.25. The number of hydrogen-bond acceptors (Lipinski definition) is 2. The van der Waals surface area contributed by atoms with Gasteiger partial charge in [-0.1, -0.05) is 12.1 Å². The summed E-state index contributed by atoms with van der Waals surface area (Å²) in [5, 5.41) is 12.5. The number of hydrogen-bond donors (Lipinski definition) is 2. The van der Waals surface area contributed by atoms with Gasteiger partial charge in [-0.15, -0.1) is 0 Å². The summed E-state index contributed by atoms with van der Waals surface area (Å²) >= 11 is 0. The van der Waals surface area contributed by atoms with E-state index in [-0.39, 0.29) is 12.6 Å². The van der Waals surface area contributed by atoms with Crippen LogP contribution in [0, 0.1) is 17.6 Å². The van der Waals surface area contributed by atoms with Crippen LogP contribution in [0.4, 0.5) is 8.78 Å². The molecule has 1 aromatic rings. The first-order valence-corrected chi connectivity index (χ1v) is 5.50. The van der Waals surface area contributed by atoms with Gasteiger partial charge in [-0.25, -0.2) is 8.78 Å². The Labute approximate surface area is 93.3 Å². The molecule has 1 aliphatic carbocycles. The van der Waals surface area contributed by atoms with Gasteiger partial charge in [-0.2, -0.15) is 0 Å². The summed E-state index contributed by atoms with van der Waals surface area (Å²) in [6.07, 6.45) is 1.77.